The van der Waals surface area contributed by atoms with Crippen molar-refractivity contribution < 1.29 is 0 Å². The van der Waals surface area contributed by atoms with Crippen LogP contribution in [0.15, 0.2) is 0 Å². The van der Waals surface area contributed by atoms with Gasteiger partial charge in [-0.2, -0.15) is 9.64 Å². The minimum Gasteiger partial charge on any atom is -0.382 e. The Morgan fingerprint density at radius 2 is 2.31 bits per heavy atom. The first kappa shape index (κ1) is 11.2. The molecule has 0 aliphatic carbocycles. The van der Waals surface area contributed by atoms with Crippen molar-refractivity contribution in [2.45, 2.75) is 32.7 Å². The largest absolute Gasteiger partial charge is 0.382 e. The molecule has 0 saturated carbocycles. The number of nitriles is 1. The van der Waals surface area contributed by atoms with Gasteiger partial charge in [-0.05, 0) is 37.2 Å². The first-order chi connectivity index (χ1) is 7.65. The number of nitrogens with zero attached hydrogens (tertiary/aromatic N) is 3. The van der Waals surface area contributed by atoms with E-state index in [1.807, 2.05) is 0 Å². The van der Waals surface area contributed by atoms with Crippen molar-refractivity contribution in [1.29, 1.82) is 5.26 Å². The highest BCUT2D eigenvalue weighted by Gasteiger charge is 2.28. The highest BCUT2D eigenvalue weighted by atomic mass is 32.1. The summed E-state index contributed by atoms with van der Waals surface area (Å²) in [5, 5.41) is 10.0. The van der Waals surface area contributed by atoms with Crippen molar-refractivity contribution in [2.75, 3.05) is 17.2 Å². The molecule has 1 saturated heterocycles. The zero-order valence-electron chi connectivity index (χ0n) is 9.60. The average molecular weight is 236 g/mol. The van der Waals surface area contributed by atoms with Gasteiger partial charge in [-0.25, -0.2) is 0 Å². The Hall–Kier alpha value is -1.28. The van der Waals surface area contributed by atoms with Gasteiger partial charge in [0.05, 0.1) is 0 Å². The average Bonchev–Trinajstić information content (AvgIpc) is 2.63. The summed E-state index contributed by atoms with van der Waals surface area (Å²) in [7, 11) is 0. The van der Waals surface area contributed by atoms with E-state index in [9.17, 15) is 0 Å². The molecule has 86 valence electrons. The number of rotatable bonds is 1. The molecule has 16 heavy (non-hydrogen) atoms. The lowest BCUT2D eigenvalue weighted by Gasteiger charge is -2.38. The molecule has 0 amide bonds. The fraction of sp³-hybridized carbons (Fsp3) is 0.636. The summed E-state index contributed by atoms with van der Waals surface area (Å²) in [6, 6.07) is 2.62. The first-order valence-corrected chi connectivity index (χ1v) is 6.34. The van der Waals surface area contributed by atoms with Crippen molar-refractivity contribution in [1.82, 2.24) is 4.37 Å². The van der Waals surface area contributed by atoms with Crippen molar-refractivity contribution >= 4 is 22.4 Å². The lowest BCUT2D eigenvalue weighted by atomic mass is 9.92. The molecule has 1 aromatic rings. The molecule has 4 nitrogen and oxygen atoms in total. The monoisotopic (exact) mass is 236 g/mol. The normalized spacial score (nSPS) is 25.4. The third kappa shape index (κ3) is 1.74. The van der Waals surface area contributed by atoms with Gasteiger partial charge in [-0.3, -0.25) is 0 Å². The Labute approximate surface area is 99.8 Å². The van der Waals surface area contributed by atoms with Crippen LogP contribution < -0.4 is 10.6 Å². The number of aromatic nitrogens is 1. The van der Waals surface area contributed by atoms with Gasteiger partial charge in [0, 0.05) is 12.6 Å². The van der Waals surface area contributed by atoms with Crippen LogP contribution >= 0.6 is 11.5 Å². The zero-order chi connectivity index (χ0) is 11.7. The van der Waals surface area contributed by atoms with Crippen molar-refractivity contribution in [3.8, 4) is 6.07 Å². The van der Waals surface area contributed by atoms with Crippen LogP contribution in [0.3, 0.4) is 0 Å². The topological polar surface area (TPSA) is 65.9 Å². The predicted molar refractivity (Wildman–Crippen MR) is 66.4 cm³/mol. The fourth-order valence-electron chi connectivity index (χ4n) is 2.22. The third-order valence-corrected chi connectivity index (χ3v) is 4.35. The molecule has 0 aromatic carbocycles. The van der Waals surface area contributed by atoms with Crippen molar-refractivity contribution in [3.63, 3.8) is 0 Å². The summed E-state index contributed by atoms with van der Waals surface area (Å²) in [4.78, 5) is 2.28. The van der Waals surface area contributed by atoms with Crippen molar-refractivity contribution in [3.05, 3.63) is 5.56 Å². The molecule has 0 radical (unpaired) electrons. The number of anilines is 2. The molecule has 1 fully saturated rings. The Kier molecular flexibility index (Phi) is 3.01. The van der Waals surface area contributed by atoms with E-state index >= 15 is 0 Å². The number of piperidine rings is 1. The molecular formula is C11H16N4S. The summed E-state index contributed by atoms with van der Waals surface area (Å²) in [5.74, 6) is 1.02. The van der Waals surface area contributed by atoms with Crippen LogP contribution in [-0.4, -0.2) is 17.0 Å². The highest BCUT2D eigenvalue weighted by molar-refractivity contribution is 7.10. The minimum absolute atomic E-state index is 0.368. The van der Waals surface area contributed by atoms with Crippen LogP contribution in [0.4, 0.5) is 10.8 Å². The van der Waals surface area contributed by atoms with E-state index in [0.717, 1.165) is 11.5 Å². The van der Waals surface area contributed by atoms with Crippen LogP contribution in [-0.2, 0) is 0 Å². The Morgan fingerprint density at radius 1 is 1.56 bits per heavy atom. The maximum atomic E-state index is 9.08. The van der Waals surface area contributed by atoms with Crippen LogP contribution in [0.2, 0.25) is 0 Å². The minimum atomic E-state index is 0.368. The molecule has 1 aliphatic heterocycles. The van der Waals surface area contributed by atoms with Crippen LogP contribution in [0.1, 0.15) is 32.3 Å². The van der Waals surface area contributed by atoms with E-state index in [0.29, 0.717) is 23.3 Å². The summed E-state index contributed by atoms with van der Waals surface area (Å²) in [6.07, 6.45) is 2.43. The number of hydrogen-bond acceptors (Lipinski definition) is 5. The van der Waals surface area contributed by atoms with Crippen LogP contribution in [0, 0.1) is 17.2 Å². The molecule has 0 spiro atoms. The Morgan fingerprint density at radius 3 is 3.00 bits per heavy atom. The summed E-state index contributed by atoms with van der Waals surface area (Å²) in [5.41, 5.74) is 6.24. The SMILES string of the molecule is CC1CCCN(c2snc(N)c2C#N)C1C. The highest BCUT2D eigenvalue weighted by Crippen LogP contribution is 2.35. The molecule has 1 aliphatic rings. The van der Waals surface area contributed by atoms with E-state index in [1.54, 1.807) is 0 Å². The molecule has 2 atom stereocenters. The van der Waals surface area contributed by atoms with Gasteiger partial charge in [0.2, 0.25) is 0 Å². The third-order valence-electron chi connectivity index (χ3n) is 3.45. The molecule has 2 rings (SSSR count). The zero-order valence-corrected chi connectivity index (χ0v) is 10.4. The van der Waals surface area contributed by atoms with E-state index in [2.05, 4.69) is 29.2 Å². The Balaban J connectivity index is 2.33. The van der Waals surface area contributed by atoms with Gasteiger partial charge < -0.3 is 10.6 Å². The Bertz CT molecular complexity index is 420. The number of nitrogen functional groups attached to an aromatic ring is 1. The second kappa shape index (κ2) is 4.30. The van der Waals surface area contributed by atoms with Gasteiger partial charge in [0.15, 0.2) is 5.82 Å². The van der Waals surface area contributed by atoms with E-state index < -0.39 is 0 Å². The van der Waals surface area contributed by atoms with Gasteiger partial charge in [0.1, 0.15) is 16.6 Å². The van der Waals surface area contributed by atoms with Gasteiger partial charge in [-0.15, -0.1) is 0 Å². The second-order valence-electron chi connectivity index (χ2n) is 4.41. The van der Waals surface area contributed by atoms with Gasteiger partial charge in [0.25, 0.3) is 0 Å². The maximum absolute atomic E-state index is 9.08. The van der Waals surface area contributed by atoms with Crippen molar-refractivity contribution in [2.24, 2.45) is 5.92 Å². The maximum Gasteiger partial charge on any atom is 0.157 e. The molecule has 2 unspecified atom stereocenters. The molecular weight excluding hydrogens is 220 g/mol. The standard InChI is InChI=1S/C11H16N4S/c1-7-4-3-5-15(8(7)2)11-9(6-12)10(13)14-16-11/h7-8H,3-5H2,1-2H3,(H2,13,14). The van der Waals surface area contributed by atoms with Gasteiger partial charge >= 0.3 is 0 Å². The van der Waals surface area contributed by atoms with E-state index in [4.69, 9.17) is 11.0 Å². The molecule has 0 bridgehead atoms. The second-order valence-corrected chi connectivity index (χ2v) is 5.17. The fourth-order valence-corrected chi connectivity index (χ4v) is 3.10. The summed E-state index contributed by atoms with van der Waals surface area (Å²) < 4.78 is 4.08. The first-order valence-electron chi connectivity index (χ1n) is 5.57. The molecule has 1 aromatic heterocycles. The number of nitrogens with two attached hydrogens (primary N) is 1. The lowest BCUT2D eigenvalue weighted by Crippen LogP contribution is -2.42. The van der Waals surface area contributed by atoms with Crippen LogP contribution in [0.5, 0.6) is 0 Å². The molecule has 2 heterocycles. The smallest absolute Gasteiger partial charge is 0.157 e. The summed E-state index contributed by atoms with van der Waals surface area (Å²) >= 11 is 1.34. The lowest BCUT2D eigenvalue weighted by molar-refractivity contribution is 0.365. The van der Waals surface area contributed by atoms with E-state index in [-0.39, 0.29) is 0 Å². The van der Waals surface area contributed by atoms with Gasteiger partial charge in [-0.1, -0.05) is 6.92 Å². The summed E-state index contributed by atoms with van der Waals surface area (Å²) in [6.45, 7) is 5.47. The molecule has 5 heteroatoms. The van der Waals surface area contributed by atoms with E-state index in [1.165, 1.54) is 24.4 Å². The van der Waals surface area contributed by atoms with Crippen LogP contribution in [0.25, 0.3) is 0 Å². The quantitative estimate of drug-likeness (QED) is 0.812. The molecule has 2 N–H and O–H groups in total. The number of hydrogen-bond donors (Lipinski definition) is 1. The predicted octanol–water partition coefficient (Wildman–Crippen LogP) is 2.22.